The number of fused-ring (bicyclic) bond motifs is 1. The van der Waals surface area contributed by atoms with Crippen LogP contribution in [-0.4, -0.2) is 60.1 Å². The van der Waals surface area contributed by atoms with E-state index in [9.17, 15) is 4.79 Å². The van der Waals surface area contributed by atoms with Gasteiger partial charge in [-0.15, -0.1) is 20.4 Å². The highest BCUT2D eigenvalue weighted by molar-refractivity contribution is 5.94. The smallest absolute Gasteiger partial charge is 0.252 e. The molecule has 4 rings (SSSR count). The van der Waals surface area contributed by atoms with Crippen molar-refractivity contribution >= 4 is 11.6 Å². The molecule has 4 aromatic heterocycles. The van der Waals surface area contributed by atoms with E-state index in [1.165, 1.54) is 0 Å². The van der Waals surface area contributed by atoms with Crippen LogP contribution in [0.4, 0.5) is 0 Å². The van der Waals surface area contributed by atoms with Gasteiger partial charge in [0.2, 0.25) is 0 Å². The van der Waals surface area contributed by atoms with E-state index in [4.69, 9.17) is 4.74 Å². The van der Waals surface area contributed by atoms with Crippen LogP contribution in [0, 0.1) is 0 Å². The molecule has 10 nitrogen and oxygen atoms in total. The second-order valence-electron chi connectivity index (χ2n) is 6.61. The SMILES string of the molecule is COCCn1cnnc1CCNC(=O)c1ccc2nnc(-c3cccn3C)n2c1. The van der Waals surface area contributed by atoms with Gasteiger partial charge in [-0.1, -0.05) is 0 Å². The number of methoxy groups -OCH3 is 1. The van der Waals surface area contributed by atoms with Crippen LogP contribution >= 0.6 is 0 Å². The Balaban J connectivity index is 1.45. The Bertz CT molecular complexity index is 1130. The standard InChI is InChI=1S/C19H22N8O2/c1-25-9-3-4-15(25)18-24-23-17-6-5-14(12-27(17)18)19(28)20-8-7-16-22-21-13-26(16)10-11-29-2/h3-6,9,12-13H,7-8,10-11H2,1-2H3,(H,20,28). The molecule has 0 fully saturated rings. The fraction of sp³-hybridized carbons (Fsp3) is 0.316. The third-order valence-corrected chi connectivity index (χ3v) is 4.70. The molecule has 0 spiro atoms. The minimum atomic E-state index is -0.165. The Labute approximate surface area is 167 Å². The zero-order valence-corrected chi connectivity index (χ0v) is 16.3. The number of aromatic nitrogens is 7. The highest BCUT2D eigenvalue weighted by Crippen LogP contribution is 2.18. The monoisotopic (exact) mass is 394 g/mol. The fourth-order valence-electron chi connectivity index (χ4n) is 3.13. The number of hydrogen-bond donors (Lipinski definition) is 1. The van der Waals surface area contributed by atoms with E-state index >= 15 is 0 Å². The Kier molecular flexibility index (Phi) is 5.34. The molecule has 10 heteroatoms. The number of aryl methyl sites for hydroxylation is 1. The van der Waals surface area contributed by atoms with Crippen molar-refractivity contribution in [2.45, 2.75) is 13.0 Å². The molecule has 0 radical (unpaired) electrons. The third kappa shape index (κ3) is 3.87. The Hall–Kier alpha value is -3.53. The minimum absolute atomic E-state index is 0.165. The van der Waals surface area contributed by atoms with Crippen LogP contribution in [-0.2, 0) is 24.8 Å². The summed E-state index contributed by atoms with van der Waals surface area (Å²) in [6.07, 6.45) is 5.95. The molecule has 0 saturated carbocycles. The second-order valence-corrected chi connectivity index (χ2v) is 6.61. The van der Waals surface area contributed by atoms with Gasteiger partial charge in [-0.25, -0.2) is 0 Å². The van der Waals surface area contributed by atoms with Crippen LogP contribution in [0.15, 0.2) is 43.0 Å². The third-order valence-electron chi connectivity index (χ3n) is 4.70. The summed E-state index contributed by atoms with van der Waals surface area (Å²) in [6, 6.07) is 7.44. The Morgan fingerprint density at radius 3 is 2.90 bits per heavy atom. The lowest BCUT2D eigenvalue weighted by Crippen LogP contribution is -2.27. The Morgan fingerprint density at radius 2 is 2.10 bits per heavy atom. The van der Waals surface area contributed by atoms with Gasteiger partial charge >= 0.3 is 0 Å². The maximum atomic E-state index is 12.6. The zero-order chi connectivity index (χ0) is 20.2. The number of nitrogens with one attached hydrogen (secondary N) is 1. The van der Waals surface area contributed by atoms with E-state index in [0.29, 0.717) is 43.2 Å². The topological polar surface area (TPSA) is 104 Å². The number of rotatable bonds is 8. The average molecular weight is 394 g/mol. The molecule has 1 N–H and O–H groups in total. The number of carbonyl (C=O) groups excluding carboxylic acids is 1. The van der Waals surface area contributed by atoms with Gasteiger partial charge in [0.25, 0.3) is 5.91 Å². The summed E-state index contributed by atoms with van der Waals surface area (Å²) in [6.45, 7) is 1.72. The first kappa shape index (κ1) is 18.8. The second kappa shape index (κ2) is 8.23. The van der Waals surface area contributed by atoms with Crippen molar-refractivity contribution in [3.8, 4) is 11.5 Å². The lowest BCUT2D eigenvalue weighted by Gasteiger charge is -2.08. The quantitative estimate of drug-likeness (QED) is 0.477. The summed E-state index contributed by atoms with van der Waals surface area (Å²) in [5, 5.41) is 19.4. The van der Waals surface area contributed by atoms with Gasteiger partial charge in [0.15, 0.2) is 11.5 Å². The molecular weight excluding hydrogens is 372 g/mol. The molecule has 0 unspecified atom stereocenters. The van der Waals surface area contributed by atoms with Gasteiger partial charge in [0.05, 0.1) is 17.9 Å². The fourth-order valence-corrected chi connectivity index (χ4v) is 3.13. The molecule has 0 aliphatic carbocycles. The maximum absolute atomic E-state index is 12.6. The molecule has 0 saturated heterocycles. The summed E-state index contributed by atoms with van der Waals surface area (Å²) in [5.74, 6) is 1.33. The van der Waals surface area contributed by atoms with Gasteiger partial charge in [-0.3, -0.25) is 9.20 Å². The first-order valence-corrected chi connectivity index (χ1v) is 9.27. The van der Waals surface area contributed by atoms with E-state index in [-0.39, 0.29) is 5.91 Å². The summed E-state index contributed by atoms with van der Waals surface area (Å²) < 4.78 is 10.8. The van der Waals surface area contributed by atoms with Crippen molar-refractivity contribution < 1.29 is 9.53 Å². The van der Waals surface area contributed by atoms with Gasteiger partial charge in [-0.2, -0.15) is 0 Å². The zero-order valence-electron chi connectivity index (χ0n) is 16.3. The highest BCUT2D eigenvalue weighted by atomic mass is 16.5. The molecule has 0 aliphatic rings. The summed E-state index contributed by atoms with van der Waals surface area (Å²) in [7, 11) is 3.60. The van der Waals surface area contributed by atoms with Gasteiger partial charge < -0.3 is 19.2 Å². The van der Waals surface area contributed by atoms with Crippen LogP contribution in [0.25, 0.3) is 17.2 Å². The molecule has 1 amide bonds. The number of nitrogens with zero attached hydrogens (tertiary/aromatic N) is 7. The van der Waals surface area contributed by atoms with Crippen molar-refractivity contribution in [1.29, 1.82) is 0 Å². The maximum Gasteiger partial charge on any atom is 0.252 e. The molecule has 0 atom stereocenters. The first-order chi connectivity index (χ1) is 14.2. The van der Waals surface area contributed by atoms with Gasteiger partial charge in [-0.05, 0) is 24.3 Å². The lowest BCUT2D eigenvalue weighted by molar-refractivity contribution is 0.0953. The number of amides is 1. The predicted molar refractivity (Wildman–Crippen MR) is 105 cm³/mol. The molecule has 150 valence electrons. The summed E-state index contributed by atoms with van der Waals surface area (Å²) in [4.78, 5) is 12.6. The predicted octanol–water partition coefficient (Wildman–Crippen LogP) is 0.945. The Morgan fingerprint density at radius 1 is 1.21 bits per heavy atom. The molecule has 29 heavy (non-hydrogen) atoms. The summed E-state index contributed by atoms with van der Waals surface area (Å²) >= 11 is 0. The van der Waals surface area contributed by atoms with Crippen LogP contribution in [0.1, 0.15) is 16.2 Å². The van der Waals surface area contributed by atoms with E-state index in [1.807, 2.05) is 38.9 Å². The van der Waals surface area contributed by atoms with Gasteiger partial charge in [0.1, 0.15) is 12.2 Å². The van der Waals surface area contributed by atoms with E-state index < -0.39 is 0 Å². The van der Waals surface area contributed by atoms with Crippen molar-refractivity contribution in [2.75, 3.05) is 20.3 Å². The number of carbonyl (C=O) groups is 1. The van der Waals surface area contributed by atoms with Crippen LogP contribution in [0.5, 0.6) is 0 Å². The molecular formula is C19H22N8O2. The first-order valence-electron chi connectivity index (χ1n) is 9.27. The van der Waals surface area contributed by atoms with E-state index in [1.54, 1.807) is 31.8 Å². The van der Waals surface area contributed by atoms with Crippen molar-refractivity contribution in [3.05, 3.63) is 54.4 Å². The molecule has 0 bridgehead atoms. The lowest BCUT2D eigenvalue weighted by atomic mass is 10.2. The molecule has 4 heterocycles. The molecule has 4 aromatic rings. The van der Waals surface area contributed by atoms with E-state index in [0.717, 1.165) is 11.5 Å². The van der Waals surface area contributed by atoms with Crippen molar-refractivity contribution in [3.63, 3.8) is 0 Å². The minimum Gasteiger partial charge on any atom is -0.383 e. The average Bonchev–Trinajstić information content (AvgIpc) is 3.45. The number of ether oxygens (including phenoxy) is 1. The normalized spacial score (nSPS) is 11.2. The molecule has 0 aliphatic heterocycles. The number of hydrogen-bond acceptors (Lipinski definition) is 6. The number of pyridine rings is 1. The van der Waals surface area contributed by atoms with E-state index in [2.05, 4.69) is 25.7 Å². The summed E-state index contributed by atoms with van der Waals surface area (Å²) in [5.41, 5.74) is 2.14. The van der Waals surface area contributed by atoms with Crippen LogP contribution < -0.4 is 5.32 Å². The van der Waals surface area contributed by atoms with Crippen LogP contribution in [0.3, 0.4) is 0 Å². The van der Waals surface area contributed by atoms with Crippen molar-refractivity contribution in [1.82, 2.24) is 39.2 Å². The largest absolute Gasteiger partial charge is 0.383 e. The highest BCUT2D eigenvalue weighted by Gasteiger charge is 2.14. The van der Waals surface area contributed by atoms with Crippen molar-refractivity contribution in [2.24, 2.45) is 7.05 Å². The molecule has 0 aromatic carbocycles. The van der Waals surface area contributed by atoms with Gasteiger partial charge in [0, 0.05) is 46.1 Å². The van der Waals surface area contributed by atoms with Crippen LogP contribution in [0.2, 0.25) is 0 Å².